The summed E-state index contributed by atoms with van der Waals surface area (Å²) < 4.78 is 7.07. The Morgan fingerprint density at radius 3 is 2.62 bits per heavy atom. The van der Waals surface area contributed by atoms with Gasteiger partial charge in [0, 0.05) is 11.7 Å². The van der Waals surface area contributed by atoms with Crippen LogP contribution in [0.3, 0.4) is 0 Å². The number of rotatable bonds is 4. The Labute approximate surface area is 170 Å². The summed E-state index contributed by atoms with van der Waals surface area (Å²) in [4.78, 5) is 17.7. The van der Waals surface area contributed by atoms with Gasteiger partial charge in [0.15, 0.2) is 0 Å². The van der Waals surface area contributed by atoms with Gasteiger partial charge < -0.3 is 15.4 Å². The van der Waals surface area contributed by atoms with Crippen LogP contribution >= 0.6 is 0 Å². The van der Waals surface area contributed by atoms with Crippen molar-refractivity contribution in [2.45, 2.75) is 32.9 Å². The molecular formula is C22H25N5O2. The SMILES string of the molecule is COc1ccc([C@@H]2[C@H](C(=O)Nc3ccc(C)cc3C)[C@@H](C)Nc3ncnn32)cc1. The van der Waals surface area contributed by atoms with Gasteiger partial charge in [0.1, 0.15) is 12.1 Å². The largest absolute Gasteiger partial charge is 0.497 e. The Morgan fingerprint density at radius 1 is 1.17 bits per heavy atom. The van der Waals surface area contributed by atoms with Gasteiger partial charge in [-0.15, -0.1) is 0 Å². The fraction of sp³-hybridized carbons (Fsp3) is 0.318. The van der Waals surface area contributed by atoms with Gasteiger partial charge in [-0.1, -0.05) is 29.8 Å². The molecule has 0 fully saturated rings. The third kappa shape index (κ3) is 3.55. The first-order chi connectivity index (χ1) is 14.0. The first kappa shape index (κ1) is 19.0. The molecule has 29 heavy (non-hydrogen) atoms. The number of fused-ring (bicyclic) bond motifs is 1. The van der Waals surface area contributed by atoms with Gasteiger partial charge in [-0.05, 0) is 50.1 Å². The van der Waals surface area contributed by atoms with Crippen LogP contribution in [0.1, 0.15) is 29.7 Å². The van der Waals surface area contributed by atoms with Crippen molar-refractivity contribution in [2.24, 2.45) is 5.92 Å². The van der Waals surface area contributed by atoms with Crippen LogP contribution in [0.4, 0.5) is 11.6 Å². The Morgan fingerprint density at radius 2 is 1.93 bits per heavy atom. The van der Waals surface area contributed by atoms with Crippen molar-refractivity contribution < 1.29 is 9.53 Å². The van der Waals surface area contributed by atoms with Crippen molar-refractivity contribution in [3.8, 4) is 5.75 Å². The van der Waals surface area contributed by atoms with Crippen LogP contribution in [0.5, 0.6) is 5.75 Å². The number of hydrogen-bond donors (Lipinski definition) is 2. The summed E-state index contributed by atoms with van der Waals surface area (Å²) in [5.41, 5.74) is 4.01. The van der Waals surface area contributed by atoms with Crippen LogP contribution < -0.4 is 15.4 Å². The quantitative estimate of drug-likeness (QED) is 0.711. The van der Waals surface area contributed by atoms with E-state index >= 15 is 0 Å². The smallest absolute Gasteiger partial charge is 0.232 e. The van der Waals surface area contributed by atoms with Crippen molar-refractivity contribution in [2.75, 3.05) is 17.7 Å². The highest BCUT2D eigenvalue weighted by Crippen LogP contribution is 2.37. The fourth-order valence-corrected chi connectivity index (χ4v) is 3.97. The maximum atomic E-state index is 13.4. The molecule has 1 aliphatic rings. The van der Waals surface area contributed by atoms with Crippen LogP contribution in [-0.4, -0.2) is 33.8 Å². The molecule has 1 aliphatic heterocycles. The second kappa shape index (κ2) is 7.58. The van der Waals surface area contributed by atoms with E-state index in [0.29, 0.717) is 5.95 Å². The van der Waals surface area contributed by atoms with E-state index in [4.69, 9.17) is 4.74 Å². The van der Waals surface area contributed by atoms with Crippen molar-refractivity contribution >= 4 is 17.5 Å². The van der Waals surface area contributed by atoms with Crippen molar-refractivity contribution in [3.63, 3.8) is 0 Å². The predicted molar refractivity (Wildman–Crippen MR) is 112 cm³/mol. The van der Waals surface area contributed by atoms with Crippen LogP contribution in [-0.2, 0) is 4.79 Å². The highest BCUT2D eigenvalue weighted by atomic mass is 16.5. The number of aromatic nitrogens is 3. The van der Waals surface area contributed by atoms with Gasteiger partial charge in [-0.2, -0.15) is 10.1 Å². The van der Waals surface area contributed by atoms with E-state index in [1.54, 1.807) is 11.8 Å². The van der Waals surface area contributed by atoms with Gasteiger partial charge in [-0.25, -0.2) is 4.68 Å². The molecule has 0 spiro atoms. The van der Waals surface area contributed by atoms with Gasteiger partial charge in [0.2, 0.25) is 11.9 Å². The molecule has 2 aromatic carbocycles. The molecule has 0 aliphatic carbocycles. The minimum atomic E-state index is -0.377. The lowest BCUT2D eigenvalue weighted by Crippen LogP contribution is -2.46. The molecule has 0 bridgehead atoms. The molecule has 0 unspecified atom stereocenters. The minimum absolute atomic E-state index is 0.0566. The Bertz CT molecular complexity index is 1030. The molecule has 0 radical (unpaired) electrons. The number of amides is 1. The molecule has 1 amide bonds. The highest BCUT2D eigenvalue weighted by Gasteiger charge is 2.41. The number of methoxy groups -OCH3 is 1. The number of ether oxygens (including phenoxy) is 1. The summed E-state index contributed by atoms with van der Waals surface area (Å²) in [5, 5.41) is 10.8. The minimum Gasteiger partial charge on any atom is -0.497 e. The molecule has 3 atom stereocenters. The zero-order valence-corrected chi connectivity index (χ0v) is 17.0. The number of hydrogen-bond acceptors (Lipinski definition) is 5. The molecule has 2 heterocycles. The van der Waals surface area contributed by atoms with Crippen LogP contribution in [0.2, 0.25) is 0 Å². The summed E-state index contributed by atoms with van der Waals surface area (Å²) >= 11 is 0. The monoisotopic (exact) mass is 391 g/mol. The van der Waals surface area contributed by atoms with Crippen molar-refractivity contribution in [3.05, 3.63) is 65.5 Å². The number of carbonyl (C=O) groups excluding carboxylic acids is 1. The van der Waals surface area contributed by atoms with E-state index in [-0.39, 0.29) is 23.9 Å². The fourth-order valence-electron chi connectivity index (χ4n) is 3.97. The molecule has 3 aromatic rings. The van der Waals surface area contributed by atoms with Crippen LogP contribution in [0, 0.1) is 19.8 Å². The highest BCUT2D eigenvalue weighted by molar-refractivity contribution is 5.94. The van der Waals surface area contributed by atoms with Gasteiger partial charge in [0.25, 0.3) is 0 Å². The van der Waals surface area contributed by atoms with E-state index in [1.165, 1.54) is 6.33 Å². The van der Waals surface area contributed by atoms with Crippen molar-refractivity contribution in [1.29, 1.82) is 0 Å². The summed E-state index contributed by atoms with van der Waals surface area (Å²) in [7, 11) is 1.64. The number of nitrogens with zero attached hydrogens (tertiary/aromatic N) is 3. The second-order valence-corrected chi connectivity index (χ2v) is 7.51. The summed E-state index contributed by atoms with van der Waals surface area (Å²) in [5.74, 6) is 0.997. The third-order valence-electron chi connectivity index (χ3n) is 5.47. The van der Waals surface area contributed by atoms with Crippen LogP contribution in [0.25, 0.3) is 0 Å². The number of aryl methyl sites for hydroxylation is 2. The molecule has 4 rings (SSSR count). The third-order valence-corrected chi connectivity index (χ3v) is 5.47. The molecule has 150 valence electrons. The number of nitrogens with one attached hydrogen (secondary N) is 2. The zero-order valence-electron chi connectivity index (χ0n) is 17.0. The van der Waals surface area contributed by atoms with E-state index in [1.807, 2.05) is 57.2 Å². The lowest BCUT2D eigenvalue weighted by atomic mass is 9.85. The van der Waals surface area contributed by atoms with Gasteiger partial charge in [-0.3, -0.25) is 4.79 Å². The van der Waals surface area contributed by atoms with Crippen LogP contribution in [0.15, 0.2) is 48.8 Å². The molecule has 7 heteroatoms. The topological polar surface area (TPSA) is 81.1 Å². The zero-order chi connectivity index (χ0) is 20.5. The van der Waals surface area contributed by atoms with E-state index in [9.17, 15) is 4.79 Å². The standard InChI is InChI=1S/C22H25N5O2/c1-13-5-10-18(14(2)11-13)26-21(28)19-15(3)25-22-23-12-24-27(22)20(19)16-6-8-17(29-4)9-7-16/h5-12,15,19-20H,1-4H3,(H,26,28)(H,23,24,25)/t15-,19-,20-/m1/s1. The summed E-state index contributed by atoms with van der Waals surface area (Å²) in [6, 6.07) is 13.4. The second-order valence-electron chi connectivity index (χ2n) is 7.51. The molecule has 0 saturated heterocycles. The average Bonchev–Trinajstić information content (AvgIpc) is 3.17. The summed E-state index contributed by atoms with van der Waals surface area (Å²) in [6.07, 6.45) is 1.51. The number of anilines is 2. The average molecular weight is 391 g/mol. The lowest BCUT2D eigenvalue weighted by Gasteiger charge is -2.37. The molecule has 7 nitrogen and oxygen atoms in total. The molecule has 1 aromatic heterocycles. The predicted octanol–water partition coefficient (Wildman–Crippen LogP) is 3.56. The maximum absolute atomic E-state index is 13.4. The lowest BCUT2D eigenvalue weighted by molar-refractivity contribution is -0.121. The number of benzene rings is 2. The maximum Gasteiger partial charge on any atom is 0.232 e. The first-order valence-corrected chi connectivity index (χ1v) is 9.66. The van der Waals surface area contributed by atoms with E-state index in [0.717, 1.165) is 28.1 Å². The normalized spacial score (nSPS) is 20.5. The first-order valence-electron chi connectivity index (χ1n) is 9.66. The van der Waals surface area contributed by atoms with Gasteiger partial charge in [0.05, 0.1) is 19.1 Å². The Hall–Kier alpha value is -3.35. The van der Waals surface area contributed by atoms with Gasteiger partial charge >= 0.3 is 0 Å². The van der Waals surface area contributed by atoms with Crippen molar-refractivity contribution in [1.82, 2.24) is 14.8 Å². The molecule has 2 N–H and O–H groups in total. The van der Waals surface area contributed by atoms with E-state index in [2.05, 4.69) is 26.8 Å². The van der Waals surface area contributed by atoms with E-state index < -0.39 is 0 Å². The molecular weight excluding hydrogens is 366 g/mol. The molecule has 0 saturated carbocycles. The summed E-state index contributed by atoms with van der Waals surface area (Å²) in [6.45, 7) is 6.04. The Kier molecular flexibility index (Phi) is 4.96. The Balaban J connectivity index is 1.71. The number of carbonyl (C=O) groups is 1.